The maximum Gasteiger partial charge on any atom is 0.315 e. The van der Waals surface area contributed by atoms with E-state index < -0.39 is 27.6 Å². The lowest BCUT2D eigenvalue weighted by molar-refractivity contribution is -0.144. The smallest absolute Gasteiger partial charge is 0.315 e. The van der Waals surface area contributed by atoms with Gasteiger partial charge in [0.2, 0.25) is 5.91 Å². The highest BCUT2D eigenvalue weighted by Gasteiger charge is 2.35. The number of methoxy groups -OCH3 is 1. The molecule has 0 radical (unpaired) electrons. The minimum absolute atomic E-state index is 0.150. The Hall–Kier alpha value is -3.41. The Bertz CT molecular complexity index is 1180. The van der Waals surface area contributed by atoms with Crippen LogP contribution in [0, 0.1) is 5.92 Å². The lowest BCUT2D eigenvalue weighted by Crippen LogP contribution is -2.46. The molecular weight excluding hydrogens is 438 g/mol. The molecule has 3 amide bonds. The molecule has 0 aliphatic carbocycles. The predicted molar refractivity (Wildman–Crippen MR) is 114 cm³/mol. The maximum absolute atomic E-state index is 12.8. The number of hydrogen-bond donors (Lipinski definition) is 2. The average molecular weight is 462 g/mol. The Kier molecular flexibility index (Phi) is 5.63. The fraction of sp³-hybridized carbons (Fsp3) is 0.400. The highest BCUT2D eigenvalue weighted by atomic mass is 32.2. The van der Waals surface area contributed by atoms with Gasteiger partial charge in [-0.1, -0.05) is 0 Å². The summed E-state index contributed by atoms with van der Waals surface area (Å²) in [5.74, 6) is -2.12. The zero-order valence-electron chi connectivity index (χ0n) is 17.4. The highest BCUT2D eigenvalue weighted by molar-refractivity contribution is 7.90. The van der Waals surface area contributed by atoms with Crippen molar-refractivity contribution in [3.05, 3.63) is 35.5 Å². The van der Waals surface area contributed by atoms with E-state index in [2.05, 4.69) is 10.4 Å². The van der Waals surface area contributed by atoms with Gasteiger partial charge in [-0.3, -0.25) is 14.4 Å². The Labute approximate surface area is 184 Å². The van der Waals surface area contributed by atoms with Gasteiger partial charge in [-0.25, -0.2) is 13.1 Å². The van der Waals surface area contributed by atoms with E-state index in [0.29, 0.717) is 35.5 Å². The van der Waals surface area contributed by atoms with Crippen molar-refractivity contribution in [3.8, 4) is 11.4 Å². The molecule has 4 rings (SSSR count). The molecule has 3 heterocycles. The van der Waals surface area contributed by atoms with E-state index in [4.69, 9.17) is 10.5 Å². The molecule has 0 atom stereocenters. The van der Waals surface area contributed by atoms with Gasteiger partial charge in [0, 0.05) is 24.6 Å². The number of nitrogens with one attached hydrogen (secondary N) is 1. The van der Waals surface area contributed by atoms with Gasteiger partial charge in [0.05, 0.1) is 30.0 Å². The fourth-order valence-corrected chi connectivity index (χ4v) is 5.45. The molecule has 2 aromatic rings. The zero-order valence-corrected chi connectivity index (χ0v) is 18.2. The summed E-state index contributed by atoms with van der Waals surface area (Å²) in [6.45, 7) is 0.480. The molecule has 12 heteroatoms. The fourth-order valence-electron chi connectivity index (χ4n) is 3.95. The molecule has 1 aromatic heterocycles. The second-order valence-electron chi connectivity index (χ2n) is 7.84. The summed E-state index contributed by atoms with van der Waals surface area (Å²) in [5, 5.41) is 6.94. The first-order chi connectivity index (χ1) is 15.2. The number of nitrogens with zero attached hydrogens (tertiary/aromatic N) is 3. The molecule has 0 bridgehead atoms. The van der Waals surface area contributed by atoms with Crippen molar-refractivity contribution in [3.63, 3.8) is 0 Å². The summed E-state index contributed by atoms with van der Waals surface area (Å²) in [5.41, 5.74) is 6.60. The van der Waals surface area contributed by atoms with Gasteiger partial charge in [-0.2, -0.15) is 5.10 Å². The van der Waals surface area contributed by atoms with Gasteiger partial charge < -0.3 is 20.7 Å². The van der Waals surface area contributed by atoms with Crippen LogP contribution in [0.1, 0.15) is 24.1 Å². The van der Waals surface area contributed by atoms with Crippen molar-refractivity contribution in [1.29, 1.82) is 0 Å². The second kappa shape index (κ2) is 8.26. The number of benzene rings is 1. The van der Waals surface area contributed by atoms with E-state index in [-0.39, 0.29) is 36.3 Å². The number of aromatic nitrogens is 2. The van der Waals surface area contributed by atoms with Crippen molar-refractivity contribution in [1.82, 2.24) is 14.7 Å². The molecule has 1 aromatic carbocycles. The number of ether oxygens (including phenoxy) is 1. The third-order valence-electron chi connectivity index (χ3n) is 5.72. The summed E-state index contributed by atoms with van der Waals surface area (Å²) in [6, 6.07) is 6.83. The lowest BCUT2D eigenvalue weighted by atomic mass is 9.96. The van der Waals surface area contributed by atoms with E-state index >= 15 is 0 Å². The number of anilines is 1. The number of fused-ring (bicyclic) bond motifs is 1. The highest BCUT2D eigenvalue weighted by Crippen LogP contribution is 2.33. The quantitative estimate of drug-likeness (QED) is 0.606. The van der Waals surface area contributed by atoms with Crippen LogP contribution < -0.4 is 15.8 Å². The van der Waals surface area contributed by atoms with E-state index in [1.54, 1.807) is 24.3 Å². The summed E-state index contributed by atoms with van der Waals surface area (Å²) >= 11 is 0. The largest absolute Gasteiger partial charge is 0.497 e. The Balaban J connectivity index is 1.59. The van der Waals surface area contributed by atoms with Crippen LogP contribution in [0.15, 0.2) is 24.3 Å². The van der Waals surface area contributed by atoms with E-state index in [1.165, 1.54) is 16.7 Å². The van der Waals surface area contributed by atoms with Crippen LogP contribution in [0.4, 0.5) is 5.82 Å². The number of nitrogens with two attached hydrogens (primary N) is 1. The minimum atomic E-state index is -3.37. The van der Waals surface area contributed by atoms with E-state index in [0.717, 1.165) is 0 Å². The number of carbonyl (C=O) groups is 3. The number of primary amides is 1. The Morgan fingerprint density at radius 3 is 2.38 bits per heavy atom. The van der Waals surface area contributed by atoms with Crippen molar-refractivity contribution >= 4 is 33.4 Å². The molecule has 32 heavy (non-hydrogen) atoms. The molecule has 1 saturated heterocycles. The number of likely N-dealkylation sites (tertiary alicyclic amines) is 1. The van der Waals surface area contributed by atoms with E-state index in [1.807, 2.05) is 0 Å². The SMILES string of the molecule is COc1ccc(-n2nc3c(c2NC(=O)C(=O)N2CCC(C(N)=O)CC2)CS(=O)(=O)C3)cc1. The molecule has 0 unspecified atom stereocenters. The topological polar surface area (TPSA) is 154 Å². The molecule has 2 aliphatic heterocycles. The van der Waals surface area contributed by atoms with Gasteiger partial charge in [0.15, 0.2) is 9.84 Å². The van der Waals surface area contributed by atoms with Crippen LogP contribution in [0.25, 0.3) is 5.69 Å². The molecular formula is C20H23N5O6S. The van der Waals surface area contributed by atoms with Crippen LogP contribution in [0.5, 0.6) is 5.75 Å². The second-order valence-corrected chi connectivity index (χ2v) is 9.90. The van der Waals surface area contributed by atoms with Crippen LogP contribution in [-0.4, -0.2) is 61.0 Å². The van der Waals surface area contributed by atoms with E-state index in [9.17, 15) is 22.8 Å². The van der Waals surface area contributed by atoms with Crippen molar-refractivity contribution in [2.24, 2.45) is 11.7 Å². The van der Waals surface area contributed by atoms with Crippen LogP contribution >= 0.6 is 0 Å². The van der Waals surface area contributed by atoms with Gasteiger partial charge in [0.1, 0.15) is 11.6 Å². The molecule has 0 spiro atoms. The maximum atomic E-state index is 12.8. The van der Waals surface area contributed by atoms with Crippen molar-refractivity contribution in [2.75, 3.05) is 25.5 Å². The summed E-state index contributed by atoms with van der Waals surface area (Å²) in [6.07, 6.45) is 0.789. The van der Waals surface area contributed by atoms with Gasteiger partial charge in [-0.15, -0.1) is 0 Å². The minimum Gasteiger partial charge on any atom is -0.497 e. The standard InChI is InChI=1S/C20H23N5O6S/c1-31-14-4-2-13(3-5-14)25-18(15-10-32(29,30)11-16(15)23-25)22-19(27)20(28)24-8-6-12(7-9-24)17(21)26/h2-5,12H,6-11H2,1H3,(H2,21,26)(H,22,27). The number of sulfone groups is 1. The van der Waals surface area contributed by atoms with Crippen LogP contribution in [-0.2, 0) is 35.7 Å². The van der Waals surface area contributed by atoms with Gasteiger partial charge >= 0.3 is 11.8 Å². The first-order valence-electron chi connectivity index (χ1n) is 10.0. The summed E-state index contributed by atoms with van der Waals surface area (Å²) < 4.78 is 30.8. The van der Waals surface area contributed by atoms with Crippen molar-refractivity contribution < 1.29 is 27.5 Å². The average Bonchev–Trinajstić information content (AvgIpc) is 3.25. The van der Waals surface area contributed by atoms with Crippen LogP contribution in [0.2, 0.25) is 0 Å². The number of carbonyl (C=O) groups excluding carboxylic acids is 3. The molecule has 3 N–H and O–H groups in total. The molecule has 1 fully saturated rings. The zero-order chi connectivity index (χ0) is 23.0. The Morgan fingerprint density at radius 2 is 1.78 bits per heavy atom. The van der Waals surface area contributed by atoms with Crippen molar-refractivity contribution in [2.45, 2.75) is 24.3 Å². The third kappa shape index (κ3) is 4.17. The third-order valence-corrected chi connectivity index (χ3v) is 7.16. The van der Waals surface area contributed by atoms with Gasteiger partial charge in [-0.05, 0) is 37.1 Å². The summed E-state index contributed by atoms with van der Waals surface area (Å²) in [7, 11) is -1.84. The van der Waals surface area contributed by atoms with Gasteiger partial charge in [0.25, 0.3) is 0 Å². The monoisotopic (exact) mass is 461 g/mol. The number of piperidine rings is 1. The van der Waals surface area contributed by atoms with Crippen LogP contribution in [0.3, 0.4) is 0 Å². The number of hydrogen-bond acceptors (Lipinski definition) is 7. The molecule has 11 nitrogen and oxygen atoms in total. The molecule has 0 saturated carbocycles. The molecule has 2 aliphatic rings. The first-order valence-corrected chi connectivity index (χ1v) is 11.9. The predicted octanol–water partition coefficient (Wildman–Crippen LogP) is -0.0283. The Morgan fingerprint density at radius 1 is 1.12 bits per heavy atom. The lowest BCUT2D eigenvalue weighted by Gasteiger charge is -2.30. The number of amides is 3. The number of rotatable bonds is 4. The summed E-state index contributed by atoms with van der Waals surface area (Å²) in [4.78, 5) is 38.1. The molecule has 170 valence electrons. The first kappa shape index (κ1) is 21.8. The normalized spacial score (nSPS) is 17.6.